The average molecular weight is 188 g/mol. The number of rotatable bonds is 2. The van der Waals surface area contributed by atoms with Crippen molar-refractivity contribution >= 4 is 0 Å². The summed E-state index contributed by atoms with van der Waals surface area (Å²) < 4.78 is 0. The minimum absolute atomic E-state index is 0.218. The maximum absolute atomic E-state index is 4.07. The maximum Gasteiger partial charge on any atom is 0.00696 e. The minimum Gasteiger partial charge on any atom is -0.0912 e. The minimum atomic E-state index is 0.218. The molecule has 76 valence electrons. The summed E-state index contributed by atoms with van der Waals surface area (Å²) in [6.45, 7) is 12.9. The van der Waals surface area contributed by atoms with Crippen LogP contribution in [0.25, 0.3) is 0 Å². The van der Waals surface area contributed by atoms with E-state index in [4.69, 9.17) is 0 Å². The van der Waals surface area contributed by atoms with E-state index in [1.807, 2.05) is 0 Å². The van der Waals surface area contributed by atoms with Crippen molar-refractivity contribution in [1.29, 1.82) is 0 Å². The highest BCUT2D eigenvalue weighted by molar-refractivity contribution is 5.53. The van der Waals surface area contributed by atoms with Crippen molar-refractivity contribution in [2.24, 2.45) is 5.41 Å². The molecule has 0 saturated carbocycles. The lowest BCUT2D eigenvalue weighted by molar-refractivity contribution is 0.487. The quantitative estimate of drug-likeness (QED) is 0.601. The molecule has 0 aromatic rings. The Balaban J connectivity index is 3.21. The van der Waals surface area contributed by atoms with E-state index in [0.29, 0.717) is 0 Å². The topological polar surface area (TPSA) is 0 Å². The number of hydrogen-bond donors (Lipinski definition) is 0. The van der Waals surface area contributed by atoms with Crippen LogP contribution < -0.4 is 0 Å². The average Bonchev–Trinajstić information content (AvgIpc) is 2.19. The molecule has 0 aromatic carbocycles. The lowest BCUT2D eigenvalue weighted by Gasteiger charge is -2.31. The highest BCUT2D eigenvalue weighted by atomic mass is 14.3. The van der Waals surface area contributed by atoms with Gasteiger partial charge in [-0.1, -0.05) is 50.3 Å². The fourth-order valence-corrected chi connectivity index (χ4v) is 1.83. The summed E-state index contributed by atoms with van der Waals surface area (Å²) in [6.07, 6.45) is 9.81. The van der Waals surface area contributed by atoms with E-state index < -0.39 is 0 Å². The third kappa shape index (κ3) is 1.75. The van der Waals surface area contributed by atoms with Gasteiger partial charge in [-0.3, -0.25) is 0 Å². The van der Waals surface area contributed by atoms with Gasteiger partial charge in [0.25, 0.3) is 0 Å². The standard InChI is InChI=1S/C14H20/c1-6-8-13-11(3)9-10-14(5,7-2)12(13)4/h6,8-10H,3,7H2,1-2,4-5H3/b8-6-/t14-/m0/s1. The molecule has 1 rings (SSSR count). The first-order valence-electron chi connectivity index (χ1n) is 5.27. The van der Waals surface area contributed by atoms with Crippen LogP contribution in [-0.4, -0.2) is 0 Å². The molecule has 14 heavy (non-hydrogen) atoms. The Morgan fingerprint density at radius 1 is 1.50 bits per heavy atom. The lowest BCUT2D eigenvalue weighted by Crippen LogP contribution is -2.18. The normalized spacial score (nSPS) is 27.9. The molecule has 1 atom stereocenters. The van der Waals surface area contributed by atoms with Crippen molar-refractivity contribution in [2.75, 3.05) is 0 Å². The molecule has 1 aliphatic carbocycles. The van der Waals surface area contributed by atoms with E-state index in [0.717, 1.165) is 12.0 Å². The summed E-state index contributed by atoms with van der Waals surface area (Å²) in [5, 5.41) is 0. The van der Waals surface area contributed by atoms with Gasteiger partial charge in [0.1, 0.15) is 0 Å². The van der Waals surface area contributed by atoms with Gasteiger partial charge in [0, 0.05) is 5.41 Å². The Morgan fingerprint density at radius 3 is 2.64 bits per heavy atom. The van der Waals surface area contributed by atoms with Gasteiger partial charge >= 0.3 is 0 Å². The maximum atomic E-state index is 4.07. The zero-order valence-corrected chi connectivity index (χ0v) is 9.72. The second-order valence-corrected chi connectivity index (χ2v) is 4.17. The van der Waals surface area contributed by atoms with Crippen molar-refractivity contribution in [1.82, 2.24) is 0 Å². The molecule has 0 saturated heterocycles. The lowest BCUT2D eigenvalue weighted by atomic mass is 9.73. The summed E-state index contributed by atoms with van der Waals surface area (Å²) in [7, 11) is 0. The molecule has 0 amide bonds. The molecule has 1 aliphatic rings. The Labute approximate surface area is 87.7 Å². The molecule has 0 aliphatic heterocycles. The molecule has 0 radical (unpaired) electrons. The summed E-state index contributed by atoms with van der Waals surface area (Å²) in [5.74, 6) is 0. The number of hydrogen-bond acceptors (Lipinski definition) is 0. The third-order valence-corrected chi connectivity index (χ3v) is 3.33. The third-order valence-electron chi connectivity index (χ3n) is 3.33. The highest BCUT2D eigenvalue weighted by Gasteiger charge is 2.26. The molecule has 0 heterocycles. The zero-order chi connectivity index (χ0) is 10.8. The predicted octanol–water partition coefficient (Wildman–Crippen LogP) is 4.42. The summed E-state index contributed by atoms with van der Waals surface area (Å²) in [5.41, 5.74) is 4.09. The highest BCUT2D eigenvalue weighted by Crippen LogP contribution is 2.40. The molecule has 0 nitrogen and oxygen atoms in total. The van der Waals surface area contributed by atoms with Crippen LogP contribution in [0.2, 0.25) is 0 Å². The van der Waals surface area contributed by atoms with Crippen LogP contribution in [0.4, 0.5) is 0 Å². The van der Waals surface area contributed by atoms with Gasteiger partial charge in [0.15, 0.2) is 0 Å². The first-order valence-corrected chi connectivity index (χ1v) is 5.27. The van der Waals surface area contributed by atoms with Gasteiger partial charge < -0.3 is 0 Å². The summed E-state index contributed by atoms with van der Waals surface area (Å²) in [4.78, 5) is 0. The monoisotopic (exact) mass is 188 g/mol. The zero-order valence-electron chi connectivity index (χ0n) is 9.72. The van der Waals surface area contributed by atoms with Crippen LogP contribution >= 0.6 is 0 Å². The second-order valence-electron chi connectivity index (χ2n) is 4.17. The van der Waals surface area contributed by atoms with E-state index >= 15 is 0 Å². The number of allylic oxidation sites excluding steroid dienone is 7. The van der Waals surface area contributed by atoms with Gasteiger partial charge in [-0.05, 0) is 31.4 Å². The van der Waals surface area contributed by atoms with Crippen LogP contribution in [0, 0.1) is 5.41 Å². The smallest absolute Gasteiger partial charge is 0.00696 e. The molecular formula is C14H20. The second kappa shape index (κ2) is 4.00. The Morgan fingerprint density at radius 2 is 2.14 bits per heavy atom. The van der Waals surface area contributed by atoms with Gasteiger partial charge in [-0.15, -0.1) is 0 Å². The molecule has 0 fully saturated rings. The SMILES string of the molecule is C=C1C=C[C@](C)(CC)C(C)=C1/C=C\C. The fraction of sp³-hybridized carbons (Fsp3) is 0.429. The van der Waals surface area contributed by atoms with Crippen LogP contribution in [0.5, 0.6) is 0 Å². The van der Waals surface area contributed by atoms with Crippen LogP contribution in [0.1, 0.15) is 34.1 Å². The fourth-order valence-electron chi connectivity index (χ4n) is 1.83. The van der Waals surface area contributed by atoms with E-state index in [-0.39, 0.29) is 5.41 Å². The van der Waals surface area contributed by atoms with Crippen molar-refractivity contribution in [3.05, 3.63) is 47.6 Å². The summed E-state index contributed by atoms with van der Waals surface area (Å²) >= 11 is 0. The molecule has 0 unspecified atom stereocenters. The molecule has 0 bridgehead atoms. The van der Waals surface area contributed by atoms with Gasteiger partial charge in [0.2, 0.25) is 0 Å². The van der Waals surface area contributed by atoms with Crippen molar-refractivity contribution < 1.29 is 0 Å². The van der Waals surface area contributed by atoms with Crippen LogP contribution in [0.15, 0.2) is 47.6 Å². The Kier molecular flexibility index (Phi) is 3.15. The van der Waals surface area contributed by atoms with Gasteiger partial charge in [-0.25, -0.2) is 0 Å². The van der Waals surface area contributed by atoms with E-state index in [1.165, 1.54) is 11.1 Å². The van der Waals surface area contributed by atoms with Crippen molar-refractivity contribution in [2.45, 2.75) is 34.1 Å². The molecule has 0 spiro atoms. The first kappa shape index (κ1) is 11.0. The summed E-state index contributed by atoms with van der Waals surface area (Å²) in [6, 6.07) is 0. The van der Waals surface area contributed by atoms with Gasteiger partial charge in [-0.2, -0.15) is 0 Å². The van der Waals surface area contributed by atoms with Crippen molar-refractivity contribution in [3.63, 3.8) is 0 Å². The molecular weight excluding hydrogens is 168 g/mol. The predicted molar refractivity (Wildman–Crippen MR) is 64.2 cm³/mol. The Bertz CT molecular complexity index is 326. The van der Waals surface area contributed by atoms with Crippen LogP contribution in [-0.2, 0) is 0 Å². The Hall–Kier alpha value is -1.04. The molecule has 0 heteroatoms. The largest absolute Gasteiger partial charge is 0.0912 e. The van der Waals surface area contributed by atoms with E-state index in [9.17, 15) is 0 Å². The van der Waals surface area contributed by atoms with E-state index in [1.54, 1.807) is 0 Å². The first-order chi connectivity index (χ1) is 6.55. The van der Waals surface area contributed by atoms with Gasteiger partial charge in [0.05, 0.1) is 0 Å². The molecule has 0 N–H and O–H groups in total. The van der Waals surface area contributed by atoms with E-state index in [2.05, 4.69) is 58.6 Å². The molecule has 0 aromatic heterocycles. The van der Waals surface area contributed by atoms with Crippen LogP contribution in [0.3, 0.4) is 0 Å². The van der Waals surface area contributed by atoms with Crippen molar-refractivity contribution in [3.8, 4) is 0 Å².